The Morgan fingerprint density at radius 2 is 2.00 bits per heavy atom. The largest absolute Gasteiger partial charge is 0.301 e. The highest BCUT2D eigenvalue weighted by Crippen LogP contribution is 2.17. The first-order valence-electron chi connectivity index (χ1n) is 3.50. The van der Waals surface area contributed by atoms with Crippen LogP contribution in [0.2, 0.25) is 0 Å². The van der Waals surface area contributed by atoms with Crippen LogP contribution in [0.5, 0.6) is 0 Å². The summed E-state index contributed by atoms with van der Waals surface area (Å²) in [6, 6.07) is 9.60. The van der Waals surface area contributed by atoms with E-state index in [2.05, 4.69) is 4.99 Å². The lowest BCUT2D eigenvalue weighted by atomic mass is 10.1. The molecule has 1 aliphatic heterocycles. The molecule has 1 unspecified atom stereocenters. The average molecular weight is 145 g/mol. The summed E-state index contributed by atoms with van der Waals surface area (Å²) in [6.07, 6.45) is 0.863. The molecule has 2 nitrogen and oxygen atoms in total. The molecule has 54 valence electrons. The third kappa shape index (κ3) is 1.07. The van der Waals surface area contributed by atoms with Gasteiger partial charge in [0.05, 0.1) is 5.71 Å². The number of carbonyl (C=O) groups excluding carboxylic acids is 1. The van der Waals surface area contributed by atoms with Crippen molar-refractivity contribution in [3.8, 4) is 0 Å². The second-order valence-electron chi connectivity index (χ2n) is 2.46. The van der Waals surface area contributed by atoms with E-state index in [0.29, 0.717) is 0 Å². The Labute approximate surface area is 64.6 Å². The molecule has 1 aromatic rings. The van der Waals surface area contributed by atoms with Crippen LogP contribution in [0.25, 0.3) is 0 Å². The summed E-state index contributed by atoms with van der Waals surface area (Å²) in [4.78, 5) is 14.2. The number of nitrogens with zero attached hydrogens (tertiary/aromatic N) is 1. The summed E-state index contributed by atoms with van der Waals surface area (Å²) in [6.45, 7) is 0. The lowest BCUT2D eigenvalue weighted by molar-refractivity contribution is -0.107. The maximum absolute atomic E-state index is 10.2. The van der Waals surface area contributed by atoms with Crippen molar-refractivity contribution in [3.05, 3.63) is 35.9 Å². The first kappa shape index (κ1) is 6.28. The van der Waals surface area contributed by atoms with Crippen LogP contribution in [0.15, 0.2) is 35.3 Å². The highest BCUT2D eigenvalue weighted by atomic mass is 16.1. The van der Waals surface area contributed by atoms with Gasteiger partial charge in [-0.05, 0) is 5.56 Å². The molecular formula is C9H7NO. The van der Waals surface area contributed by atoms with Gasteiger partial charge >= 0.3 is 0 Å². The van der Waals surface area contributed by atoms with Crippen LogP contribution in [-0.2, 0) is 4.79 Å². The van der Waals surface area contributed by atoms with E-state index in [1.165, 1.54) is 0 Å². The van der Waals surface area contributed by atoms with Gasteiger partial charge in [0.25, 0.3) is 0 Å². The fourth-order valence-electron chi connectivity index (χ4n) is 1.06. The van der Waals surface area contributed by atoms with Gasteiger partial charge < -0.3 is 4.79 Å². The number of hydrogen-bond donors (Lipinski definition) is 0. The second kappa shape index (κ2) is 2.31. The molecule has 0 amide bonds. The third-order valence-corrected chi connectivity index (χ3v) is 1.69. The minimum absolute atomic E-state index is 0.155. The van der Waals surface area contributed by atoms with Crippen LogP contribution in [-0.4, -0.2) is 18.0 Å². The van der Waals surface area contributed by atoms with Crippen molar-refractivity contribution in [1.82, 2.24) is 0 Å². The second-order valence-corrected chi connectivity index (χ2v) is 2.46. The monoisotopic (exact) mass is 145 g/mol. The van der Waals surface area contributed by atoms with E-state index >= 15 is 0 Å². The minimum Gasteiger partial charge on any atom is -0.301 e. The Morgan fingerprint density at radius 1 is 1.27 bits per heavy atom. The first-order chi connectivity index (χ1) is 5.42. The maximum Gasteiger partial charge on any atom is 0.150 e. The summed E-state index contributed by atoms with van der Waals surface area (Å²) >= 11 is 0. The molecule has 0 fully saturated rings. The number of aliphatic imine (C=N–C) groups is 1. The van der Waals surface area contributed by atoms with Crippen molar-refractivity contribution in [2.24, 2.45) is 4.99 Å². The van der Waals surface area contributed by atoms with Crippen molar-refractivity contribution in [3.63, 3.8) is 0 Å². The molecular weight excluding hydrogens is 138 g/mol. The fourth-order valence-corrected chi connectivity index (χ4v) is 1.06. The van der Waals surface area contributed by atoms with Crippen LogP contribution in [0.1, 0.15) is 5.56 Å². The average Bonchev–Trinajstić information content (AvgIpc) is 2.85. The van der Waals surface area contributed by atoms with Gasteiger partial charge in [-0.1, -0.05) is 30.3 Å². The summed E-state index contributed by atoms with van der Waals surface area (Å²) in [5.74, 6) is 0. The summed E-state index contributed by atoms with van der Waals surface area (Å²) < 4.78 is 0. The van der Waals surface area contributed by atoms with Gasteiger partial charge in [0.15, 0.2) is 6.29 Å². The highest BCUT2D eigenvalue weighted by molar-refractivity contribution is 6.21. The van der Waals surface area contributed by atoms with Gasteiger partial charge in [-0.3, -0.25) is 4.99 Å². The van der Waals surface area contributed by atoms with E-state index in [4.69, 9.17) is 0 Å². The number of benzene rings is 1. The predicted molar refractivity (Wildman–Crippen MR) is 42.8 cm³/mol. The minimum atomic E-state index is -0.155. The van der Waals surface area contributed by atoms with E-state index < -0.39 is 0 Å². The molecule has 0 aliphatic carbocycles. The molecule has 0 aromatic heterocycles. The van der Waals surface area contributed by atoms with Crippen molar-refractivity contribution >= 4 is 12.0 Å². The number of aldehydes is 1. The molecule has 2 rings (SSSR count). The van der Waals surface area contributed by atoms with E-state index in [1.54, 1.807) is 0 Å². The zero-order chi connectivity index (χ0) is 7.68. The van der Waals surface area contributed by atoms with Gasteiger partial charge in [-0.15, -0.1) is 0 Å². The van der Waals surface area contributed by atoms with Gasteiger partial charge in [0.1, 0.15) is 6.04 Å². The van der Waals surface area contributed by atoms with Crippen LogP contribution in [0.4, 0.5) is 0 Å². The van der Waals surface area contributed by atoms with E-state index in [0.717, 1.165) is 17.6 Å². The van der Waals surface area contributed by atoms with Crippen LogP contribution in [0.3, 0.4) is 0 Å². The third-order valence-electron chi connectivity index (χ3n) is 1.69. The molecule has 1 aliphatic rings. The van der Waals surface area contributed by atoms with Crippen molar-refractivity contribution in [2.75, 3.05) is 0 Å². The molecule has 0 N–H and O–H groups in total. The molecule has 0 spiro atoms. The van der Waals surface area contributed by atoms with Crippen LogP contribution in [0, 0.1) is 0 Å². The number of carbonyl (C=O) groups is 1. The standard InChI is InChI=1S/C9H7NO/c11-6-8-9(10-8)7-4-2-1-3-5-7/h1-6,8H. The van der Waals surface area contributed by atoms with Crippen molar-refractivity contribution in [1.29, 1.82) is 0 Å². The quantitative estimate of drug-likeness (QED) is 0.572. The van der Waals surface area contributed by atoms with E-state index in [-0.39, 0.29) is 6.04 Å². The zero-order valence-electron chi connectivity index (χ0n) is 5.90. The van der Waals surface area contributed by atoms with E-state index in [1.807, 2.05) is 30.3 Å². The smallest absolute Gasteiger partial charge is 0.150 e. The lowest BCUT2D eigenvalue weighted by Crippen LogP contribution is -1.98. The van der Waals surface area contributed by atoms with Gasteiger partial charge in [-0.25, -0.2) is 0 Å². The maximum atomic E-state index is 10.2. The molecule has 1 aromatic carbocycles. The molecule has 0 radical (unpaired) electrons. The Morgan fingerprint density at radius 3 is 2.55 bits per heavy atom. The van der Waals surface area contributed by atoms with Crippen molar-refractivity contribution < 1.29 is 4.79 Å². The highest BCUT2D eigenvalue weighted by Gasteiger charge is 2.27. The topological polar surface area (TPSA) is 29.4 Å². The molecule has 11 heavy (non-hydrogen) atoms. The Balaban J connectivity index is 2.21. The fraction of sp³-hybridized carbons (Fsp3) is 0.111. The molecule has 0 bridgehead atoms. The SMILES string of the molecule is O=CC1N=C1c1ccccc1. The predicted octanol–water partition coefficient (Wildman–Crippen LogP) is 1.06. The molecule has 0 saturated carbocycles. The van der Waals surface area contributed by atoms with Gasteiger partial charge in [0, 0.05) is 0 Å². The van der Waals surface area contributed by atoms with Crippen molar-refractivity contribution in [2.45, 2.75) is 6.04 Å². The normalized spacial score (nSPS) is 20.7. The molecule has 1 atom stereocenters. The van der Waals surface area contributed by atoms with Gasteiger partial charge in [-0.2, -0.15) is 0 Å². The lowest BCUT2D eigenvalue weighted by Gasteiger charge is -1.88. The number of rotatable bonds is 2. The van der Waals surface area contributed by atoms with Crippen LogP contribution >= 0.6 is 0 Å². The summed E-state index contributed by atoms with van der Waals surface area (Å²) in [5.41, 5.74) is 1.98. The molecule has 2 heteroatoms. The Hall–Kier alpha value is -1.44. The number of hydrogen-bond acceptors (Lipinski definition) is 2. The van der Waals surface area contributed by atoms with Crippen LogP contribution < -0.4 is 0 Å². The first-order valence-corrected chi connectivity index (χ1v) is 3.50. The Bertz CT molecular complexity index is 303. The molecule has 1 heterocycles. The van der Waals surface area contributed by atoms with Gasteiger partial charge in [0.2, 0.25) is 0 Å². The zero-order valence-corrected chi connectivity index (χ0v) is 5.90. The Kier molecular flexibility index (Phi) is 1.32. The summed E-state index contributed by atoms with van der Waals surface area (Å²) in [5, 5.41) is 0. The van der Waals surface area contributed by atoms with E-state index in [9.17, 15) is 4.79 Å². The molecule has 0 saturated heterocycles. The summed E-state index contributed by atoms with van der Waals surface area (Å²) in [7, 11) is 0.